The number of benzene rings is 1. The first-order valence-corrected chi connectivity index (χ1v) is 9.30. The largest absolute Gasteiger partial charge is 0.451 e. The lowest BCUT2D eigenvalue weighted by Gasteiger charge is -2.24. The summed E-state index contributed by atoms with van der Waals surface area (Å²) in [6, 6.07) is 8.90. The topological polar surface area (TPSA) is 81.9 Å². The highest BCUT2D eigenvalue weighted by Crippen LogP contribution is 2.26. The van der Waals surface area contributed by atoms with E-state index in [1.807, 2.05) is 24.3 Å². The fourth-order valence-electron chi connectivity index (χ4n) is 3.12. The van der Waals surface area contributed by atoms with E-state index >= 15 is 0 Å². The van der Waals surface area contributed by atoms with Gasteiger partial charge in [0.15, 0.2) is 11.6 Å². The fourth-order valence-corrected chi connectivity index (χ4v) is 3.12. The second kappa shape index (κ2) is 8.33. The molecule has 3 aromatic rings. The summed E-state index contributed by atoms with van der Waals surface area (Å²) in [7, 11) is 0. The molecular weight excluding hydrogens is 399 g/mol. The number of nitrogens with zero attached hydrogens (tertiary/aromatic N) is 4. The molecule has 156 valence electrons. The predicted molar refractivity (Wildman–Crippen MR) is 100 cm³/mol. The molecule has 0 radical (unpaired) electrons. The first-order chi connectivity index (χ1) is 14.4. The Labute approximate surface area is 169 Å². The van der Waals surface area contributed by atoms with Crippen LogP contribution in [0.25, 0.3) is 5.82 Å². The van der Waals surface area contributed by atoms with Crippen LogP contribution in [0.3, 0.4) is 0 Å². The standard InChI is InChI=1S/C20H18F3N5O2/c21-20(22,23)19-25-6-5-18(27-19)28-12-15(10-26-28)16(29)9-13-1-3-14(4-2-13)17-11-24-7-8-30-17/h1-6,10,12,17,24H,7-9,11H2/t17-/m1/s1. The first-order valence-electron chi connectivity index (χ1n) is 9.30. The molecule has 1 aromatic carbocycles. The molecule has 3 heterocycles. The zero-order valence-electron chi connectivity index (χ0n) is 15.8. The Morgan fingerprint density at radius 3 is 2.73 bits per heavy atom. The van der Waals surface area contributed by atoms with Gasteiger partial charge in [-0.15, -0.1) is 0 Å². The van der Waals surface area contributed by atoms with Crippen molar-refractivity contribution in [3.63, 3.8) is 0 Å². The third kappa shape index (κ3) is 4.55. The van der Waals surface area contributed by atoms with Gasteiger partial charge in [0.1, 0.15) is 0 Å². The number of alkyl halides is 3. The maximum absolute atomic E-state index is 12.8. The number of rotatable bonds is 5. The van der Waals surface area contributed by atoms with Crippen molar-refractivity contribution in [2.75, 3.05) is 19.7 Å². The van der Waals surface area contributed by atoms with Crippen LogP contribution in [-0.4, -0.2) is 45.2 Å². The molecule has 1 N–H and O–H groups in total. The smallest absolute Gasteiger partial charge is 0.371 e. The van der Waals surface area contributed by atoms with E-state index < -0.39 is 12.0 Å². The minimum absolute atomic E-state index is 0.00353. The first kappa shape index (κ1) is 20.2. The van der Waals surface area contributed by atoms with Gasteiger partial charge in [-0.25, -0.2) is 14.6 Å². The minimum Gasteiger partial charge on any atom is -0.371 e. The van der Waals surface area contributed by atoms with Crippen molar-refractivity contribution in [3.8, 4) is 5.82 Å². The molecule has 30 heavy (non-hydrogen) atoms. The van der Waals surface area contributed by atoms with E-state index in [-0.39, 0.29) is 29.7 Å². The zero-order chi connectivity index (χ0) is 21.1. The highest BCUT2D eigenvalue weighted by molar-refractivity contribution is 5.97. The highest BCUT2D eigenvalue weighted by atomic mass is 19.4. The van der Waals surface area contributed by atoms with Gasteiger partial charge >= 0.3 is 6.18 Å². The number of halogens is 3. The number of morpholine rings is 1. The van der Waals surface area contributed by atoms with Crippen LogP contribution in [0.2, 0.25) is 0 Å². The number of hydrogen-bond acceptors (Lipinski definition) is 6. The van der Waals surface area contributed by atoms with Crippen LogP contribution in [0.15, 0.2) is 48.9 Å². The van der Waals surface area contributed by atoms with Crippen molar-refractivity contribution in [2.45, 2.75) is 18.7 Å². The van der Waals surface area contributed by atoms with Gasteiger partial charge in [-0.3, -0.25) is 4.79 Å². The van der Waals surface area contributed by atoms with E-state index in [0.29, 0.717) is 6.61 Å². The molecule has 1 atom stereocenters. The Kier molecular flexibility index (Phi) is 5.60. The molecule has 0 amide bonds. The molecule has 4 rings (SSSR count). The van der Waals surface area contributed by atoms with Gasteiger partial charge in [-0.2, -0.15) is 18.3 Å². The Morgan fingerprint density at radius 1 is 1.23 bits per heavy atom. The van der Waals surface area contributed by atoms with Crippen LogP contribution < -0.4 is 5.32 Å². The third-order valence-corrected chi connectivity index (χ3v) is 4.68. The molecule has 1 aliphatic rings. The second-order valence-electron chi connectivity index (χ2n) is 6.81. The van der Waals surface area contributed by atoms with Gasteiger partial charge in [-0.1, -0.05) is 24.3 Å². The number of ether oxygens (including phenoxy) is 1. The van der Waals surface area contributed by atoms with Gasteiger partial charge in [0.25, 0.3) is 0 Å². The summed E-state index contributed by atoms with van der Waals surface area (Å²) in [4.78, 5) is 19.2. The summed E-state index contributed by atoms with van der Waals surface area (Å²) in [6.45, 7) is 2.24. The van der Waals surface area contributed by atoms with E-state index in [0.717, 1.165) is 35.1 Å². The van der Waals surface area contributed by atoms with E-state index in [4.69, 9.17) is 4.74 Å². The van der Waals surface area contributed by atoms with Crippen molar-refractivity contribution in [1.82, 2.24) is 25.1 Å². The third-order valence-electron chi connectivity index (χ3n) is 4.68. The summed E-state index contributed by atoms with van der Waals surface area (Å²) >= 11 is 0. The van der Waals surface area contributed by atoms with Crippen molar-refractivity contribution in [1.29, 1.82) is 0 Å². The number of aromatic nitrogens is 4. The minimum atomic E-state index is -4.66. The second-order valence-corrected chi connectivity index (χ2v) is 6.81. The summed E-state index contributed by atoms with van der Waals surface area (Å²) in [5.74, 6) is -1.53. The highest BCUT2D eigenvalue weighted by Gasteiger charge is 2.34. The molecule has 1 fully saturated rings. The molecule has 0 spiro atoms. The zero-order valence-corrected chi connectivity index (χ0v) is 15.8. The Balaban J connectivity index is 1.44. The summed E-state index contributed by atoms with van der Waals surface area (Å²) in [6.07, 6.45) is -0.841. The van der Waals surface area contributed by atoms with Gasteiger partial charge in [0.05, 0.1) is 24.5 Å². The Bertz CT molecular complexity index is 1030. The lowest BCUT2D eigenvalue weighted by Crippen LogP contribution is -2.33. The lowest BCUT2D eigenvalue weighted by molar-refractivity contribution is -0.145. The molecular formula is C20H18F3N5O2. The van der Waals surface area contributed by atoms with Gasteiger partial charge in [0.2, 0.25) is 5.82 Å². The van der Waals surface area contributed by atoms with Crippen molar-refractivity contribution < 1.29 is 22.7 Å². The van der Waals surface area contributed by atoms with Crippen LogP contribution in [0.4, 0.5) is 13.2 Å². The number of carbonyl (C=O) groups is 1. The molecule has 0 unspecified atom stereocenters. The summed E-state index contributed by atoms with van der Waals surface area (Å²) < 4.78 is 45.2. The fraction of sp³-hybridized carbons (Fsp3) is 0.300. The molecule has 0 bridgehead atoms. The molecule has 0 aliphatic carbocycles. The van der Waals surface area contributed by atoms with Crippen LogP contribution in [0.5, 0.6) is 0 Å². The number of hydrogen-bond donors (Lipinski definition) is 1. The molecule has 1 aliphatic heterocycles. The van der Waals surface area contributed by atoms with Crippen LogP contribution in [0, 0.1) is 0 Å². The number of nitrogens with one attached hydrogen (secondary N) is 1. The number of carbonyl (C=O) groups excluding carboxylic acids is 1. The average molecular weight is 417 g/mol. The van der Waals surface area contributed by atoms with Crippen molar-refractivity contribution >= 4 is 5.78 Å². The van der Waals surface area contributed by atoms with Crippen LogP contribution in [0.1, 0.15) is 33.4 Å². The Morgan fingerprint density at radius 2 is 2.03 bits per heavy atom. The summed E-state index contributed by atoms with van der Waals surface area (Å²) in [5, 5.41) is 7.23. The van der Waals surface area contributed by atoms with Crippen molar-refractivity contribution in [3.05, 3.63) is 71.4 Å². The van der Waals surface area contributed by atoms with E-state index in [1.54, 1.807) is 0 Å². The molecule has 10 heteroatoms. The Hall–Kier alpha value is -3.11. The lowest BCUT2D eigenvalue weighted by atomic mass is 10.0. The quantitative estimate of drug-likeness (QED) is 0.643. The SMILES string of the molecule is O=C(Cc1ccc([C@H]2CNCCO2)cc1)c1cnn(-c2ccnc(C(F)(F)F)n2)c1. The maximum Gasteiger partial charge on any atom is 0.451 e. The van der Waals surface area contributed by atoms with E-state index in [9.17, 15) is 18.0 Å². The van der Waals surface area contributed by atoms with Crippen LogP contribution >= 0.6 is 0 Å². The van der Waals surface area contributed by atoms with Crippen molar-refractivity contribution in [2.24, 2.45) is 0 Å². The molecule has 1 saturated heterocycles. The van der Waals surface area contributed by atoms with Gasteiger partial charge in [-0.05, 0) is 11.1 Å². The van der Waals surface area contributed by atoms with Crippen LogP contribution in [-0.2, 0) is 17.3 Å². The average Bonchev–Trinajstić information content (AvgIpc) is 3.25. The normalized spacial score (nSPS) is 17.1. The van der Waals surface area contributed by atoms with E-state index in [2.05, 4.69) is 20.4 Å². The van der Waals surface area contributed by atoms with E-state index in [1.165, 1.54) is 18.5 Å². The summed E-state index contributed by atoms with van der Waals surface area (Å²) in [5.41, 5.74) is 2.14. The number of ketones is 1. The molecule has 2 aromatic heterocycles. The maximum atomic E-state index is 12.8. The van der Waals surface area contributed by atoms with Gasteiger partial charge in [0, 0.05) is 38.0 Å². The van der Waals surface area contributed by atoms with Gasteiger partial charge < -0.3 is 10.1 Å². The number of Topliss-reactive ketones (excluding diaryl/α,β-unsaturated/α-hetero) is 1. The molecule has 0 saturated carbocycles. The molecule has 7 nitrogen and oxygen atoms in total. The predicted octanol–water partition coefficient (Wildman–Crippen LogP) is 2.77. The monoisotopic (exact) mass is 417 g/mol.